The van der Waals surface area contributed by atoms with Crippen molar-refractivity contribution in [3.05, 3.63) is 77.9 Å². The number of carbonyl (C=O) groups excluding carboxylic acids is 1. The Bertz CT molecular complexity index is 836. The lowest BCUT2D eigenvalue weighted by atomic mass is 10.2. The van der Waals surface area contributed by atoms with Crippen molar-refractivity contribution in [2.45, 2.75) is 13.1 Å². The fourth-order valence-corrected chi connectivity index (χ4v) is 2.25. The highest BCUT2D eigenvalue weighted by Gasteiger charge is 2.07. The van der Waals surface area contributed by atoms with Crippen LogP contribution in [0.4, 0.5) is 5.95 Å². The summed E-state index contributed by atoms with van der Waals surface area (Å²) in [6.45, 7) is 1.01. The molecule has 3 aromatic rings. The van der Waals surface area contributed by atoms with Crippen LogP contribution in [-0.4, -0.2) is 28.0 Å². The van der Waals surface area contributed by atoms with Crippen LogP contribution in [0.3, 0.4) is 0 Å². The van der Waals surface area contributed by atoms with Gasteiger partial charge in [-0.05, 0) is 35.4 Å². The first-order valence-corrected chi connectivity index (χ1v) is 8.10. The van der Waals surface area contributed by atoms with Gasteiger partial charge in [0.25, 0.3) is 5.91 Å². The van der Waals surface area contributed by atoms with Crippen LogP contribution in [0.15, 0.2) is 61.2 Å². The predicted molar refractivity (Wildman–Crippen MR) is 97.8 cm³/mol. The first kappa shape index (κ1) is 17.3. The molecule has 2 N–H and O–H groups in total. The Morgan fingerprint density at radius 3 is 2.27 bits per heavy atom. The molecule has 1 amide bonds. The van der Waals surface area contributed by atoms with Crippen molar-refractivity contribution >= 4 is 11.9 Å². The number of nitrogens with one attached hydrogen (secondary N) is 2. The van der Waals surface area contributed by atoms with E-state index in [0.29, 0.717) is 24.6 Å². The Balaban J connectivity index is 1.51. The number of carbonyl (C=O) groups is 1. The predicted octanol–water partition coefficient (Wildman–Crippen LogP) is 2.42. The number of hydrogen-bond donors (Lipinski definition) is 2. The molecular weight excluding hydrogens is 330 g/mol. The van der Waals surface area contributed by atoms with Crippen molar-refractivity contribution in [2.75, 3.05) is 12.4 Å². The summed E-state index contributed by atoms with van der Waals surface area (Å²) in [5.41, 5.74) is 2.47. The van der Waals surface area contributed by atoms with Crippen LogP contribution in [0.25, 0.3) is 0 Å². The Hall–Kier alpha value is -3.48. The first-order chi connectivity index (χ1) is 12.7. The second kappa shape index (κ2) is 8.57. The smallest absolute Gasteiger partial charge is 0.254 e. The SMILES string of the molecule is COc1ccc(CNC(=O)c2cnc(NCc3ccncc3)nc2)cc1. The molecule has 2 aromatic heterocycles. The van der Waals surface area contributed by atoms with E-state index in [1.54, 1.807) is 19.5 Å². The maximum atomic E-state index is 12.2. The average molecular weight is 349 g/mol. The maximum absolute atomic E-state index is 12.2. The van der Waals surface area contributed by atoms with Crippen LogP contribution in [0.1, 0.15) is 21.5 Å². The zero-order valence-corrected chi connectivity index (χ0v) is 14.3. The molecule has 0 saturated heterocycles. The third-order valence-electron chi connectivity index (χ3n) is 3.73. The van der Waals surface area contributed by atoms with Crippen LogP contribution in [-0.2, 0) is 13.1 Å². The number of aromatic nitrogens is 3. The summed E-state index contributed by atoms with van der Waals surface area (Å²) in [5, 5.41) is 5.95. The van der Waals surface area contributed by atoms with Gasteiger partial charge in [-0.3, -0.25) is 9.78 Å². The average Bonchev–Trinajstić information content (AvgIpc) is 2.72. The number of methoxy groups -OCH3 is 1. The number of benzene rings is 1. The van der Waals surface area contributed by atoms with E-state index in [2.05, 4.69) is 25.6 Å². The highest BCUT2D eigenvalue weighted by molar-refractivity contribution is 5.93. The van der Waals surface area contributed by atoms with Gasteiger partial charge in [-0.2, -0.15) is 0 Å². The Morgan fingerprint density at radius 1 is 0.962 bits per heavy atom. The lowest BCUT2D eigenvalue weighted by Crippen LogP contribution is -2.23. The second-order valence-corrected chi connectivity index (χ2v) is 5.54. The molecule has 3 rings (SSSR count). The third-order valence-corrected chi connectivity index (χ3v) is 3.73. The summed E-state index contributed by atoms with van der Waals surface area (Å²) >= 11 is 0. The standard InChI is InChI=1S/C19H19N5O2/c1-26-17-4-2-14(3-5-17)10-21-18(25)16-12-23-19(24-13-16)22-11-15-6-8-20-9-7-15/h2-9,12-13H,10-11H2,1H3,(H,21,25)(H,22,23,24). The Labute approximate surface area is 151 Å². The summed E-state index contributed by atoms with van der Waals surface area (Å²) < 4.78 is 5.11. The number of hydrogen-bond acceptors (Lipinski definition) is 6. The zero-order chi connectivity index (χ0) is 18.2. The van der Waals surface area contributed by atoms with Crippen LogP contribution in [0, 0.1) is 0 Å². The van der Waals surface area contributed by atoms with Crippen molar-refractivity contribution in [3.8, 4) is 5.75 Å². The van der Waals surface area contributed by atoms with Gasteiger partial charge >= 0.3 is 0 Å². The minimum atomic E-state index is -0.221. The highest BCUT2D eigenvalue weighted by atomic mass is 16.5. The Kier molecular flexibility index (Phi) is 5.72. The topological polar surface area (TPSA) is 89.0 Å². The molecule has 26 heavy (non-hydrogen) atoms. The second-order valence-electron chi connectivity index (χ2n) is 5.54. The van der Waals surface area contributed by atoms with Crippen molar-refractivity contribution in [1.29, 1.82) is 0 Å². The molecule has 2 heterocycles. The molecule has 0 fully saturated rings. The van der Waals surface area contributed by atoms with Gasteiger partial charge in [-0.25, -0.2) is 9.97 Å². The molecule has 0 unspecified atom stereocenters. The minimum Gasteiger partial charge on any atom is -0.497 e. The summed E-state index contributed by atoms with van der Waals surface area (Å²) in [6.07, 6.45) is 6.47. The number of amides is 1. The van der Waals surface area contributed by atoms with Gasteiger partial charge in [0.05, 0.1) is 12.7 Å². The molecular formula is C19H19N5O2. The van der Waals surface area contributed by atoms with E-state index in [0.717, 1.165) is 16.9 Å². The monoisotopic (exact) mass is 349 g/mol. The molecule has 0 aliphatic heterocycles. The molecule has 1 aromatic carbocycles. The van der Waals surface area contributed by atoms with Crippen LogP contribution >= 0.6 is 0 Å². The van der Waals surface area contributed by atoms with Gasteiger partial charge in [-0.15, -0.1) is 0 Å². The summed E-state index contributed by atoms with van der Waals surface area (Å²) in [6, 6.07) is 11.3. The number of ether oxygens (including phenoxy) is 1. The van der Waals surface area contributed by atoms with Crippen molar-refractivity contribution in [3.63, 3.8) is 0 Å². The van der Waals surface area contributed by atoms with E-state index in [-0.39, 0.29) is 5.91 Å². The number of nitrogens with zero attached hydrogens (tertiary/aromatic N) is 3. The summed E-state index contributed by atoms with van der Waals surface area (Å²) in [5.74, 6) is 1.03. The molecule has 7 heteroatoms. The lowest BCUT2D eigenvalue weighted by Gasteiger charge is -2.07. The lowest BCUT2D eigenvalue weighted by molar-refractivity contribution is 0.0950. The van der Waals surface area contributed by atoms with E-state index in [1.807, 2.05) is 36.4 Å². The normalized spacial score (nSPS) is 10.2. The van der Waals surface area contributed by atoms with Gasteiger partial charge in [0.1, 0.15) is 5.75 Å². The number of anilines is 1. The van der Waals surface area contributed by atoms with Gasteiger partial charge in [-0.1, -0.05) is 12.1 Å². The van der Waals surface area contributed by atoms with E-state index >= 15 is 0 Å². The first-order valence-electron chi connectivity index (χ1n) is 8.10. The minimum absolute atomic E-state index is 0.221. The van der Waals surface area contributed by atoms with Crippen molar-refractivity contribution in [2.24, 2.45) is 0 Å². The van der Waals surface area contributed by atoms with Crippen LogP contribution in [0.5, 0.6) is 5.75 Å². The Morgan fingerprint density at radius 2 is 1.62 bits per heavy atom. The molecule has 0 aliphatic carbocycles. The third kappa shape index (κ3) is 4.76. The molecule has 0 radical (unpaired) electrons. The van der Waals surface area contributed by atoms with Crippen molar-refractivity contribution in [1.82, 2.24) is 20.3 Å². The van der Waals surface area contributed by atoms with Crippen molar-refractivity contribution < 1.29 is 9.53 Å². The zero-order valence-electron chi connectivity index (χ0n) is 14.3. The van der Waals surface area contributed by atoms with E-state index < -0.39 is 0 Å². The molecule has 132 valence electrons. The maximum Gasteiger partial charge on any atom is 0.254 e. The molecule has 0 aliphatic rings. The van der Waals surface area contributed by atoms with E-state index in [4.69, 9.17) is 4.74 Å². The quantitative estimate of drug-likeness (QED) is 0.681. The van der Waals surface area contributed by atoms with Crippen LogP contribution < -0.4 is 15.4 Å². The van der Waals surface area contributed by atoms with E-state index in [9.17, 15) is 4.79 Å². The van der Waals surface area contributed by atoms with Gasteiger partial charge < -0.3 is 15.4 Å². The molecule has 0 spiro atoms. The fourth-order valence-electron chi connectivity index (χ4n) is 2.25. The van der Waals surface area contributed by atoms with Gasteiger partial charge in [0, 0.05) is 37.9 Å². The highest BCUT2D eigenvalue weighted by Crippen LogP contribution is 2.11. The number of pyridine rings is 1. The number of rotatable bonds is 7. The van der Waals surface area contributed by atoms with Gasteiger partial charge in [0.2, 0.25) is 5.95 Å². The molecule has 0 bridgehead atoms. The van der Waals surface area contributed by atoms with Gasteiger partial charge in [0.15, 0.2) is 0 Å². The fraction of sp³-hybridized carbons (Fsp3) is 0.158. The molecule has 0 atom stereocenters. The molecule has 0 saturated carbocycles. The molecule has 7 nitrogen and oxygen atoms in total. The largest absolute Gasteiger partial charge is 0.497 e. The summed E-state index contributed by atoms with van der Waals surface area (Å²) in [4.78, 5) is 24.5. The van der Waals surface area contributed by atoms with E-state index in [1.165, 1.54) is 12.4 Å². The summed E-state index contributed by atoms with van der Waals surface area (Å²) in [7, 11) is 1.62. The van der Waals surface area contributed by atoms with Crippen LogP contribution in [0.2, 0.25) is 0 Å².